The van der Waals surface area contributed by atoms with E-state index in [-0.39, 0.29) is 10.3 Å². The molecule has 0 amide bonds. The zero-order chi connectivity index (χ0) is 21.0. The van der Waals surface area contributed by atoms with Crippen molar-refractivity contribution in [1.82, 2.24) is 9.55 Å². The molecule has 1 heterocycles. The van der Waals surface area contributed by atoms with Gasteiger partial charge < -0.3 is 20.1 Å². The Balaban J connectivity index is 1.94. The number of hydrogen-bond donors (Lipinski definition) is 4. The van der Waals surface area contributed by atoms with Crippen LogP contribution in [0.3, 0.4) is 0 Å². The number of aromatic amines is 1. The van der Waals surface area contributed by atoms with Gasteiger partial charge in [0.15, 0.2) is 10.6 Å². The number of Topliss-reactive ketones (excluding diaryl/α,β-unsaturated/α-hetero) is 1. The van der Waals surface area contributed by atoms with Crippen molar-refractivity contribution in [3.8, 4) is 23.1 Å². The molecular formula is C20H18N2O6S. The van der Waals surface area contributed by atoms with Crippen molar-refractivity contribution in [2.75, 3.05) is 6.61 Å². The lowest BCUT2D eigenvalue weighted by atomic mass is 10.1. The third-order valence-electron chi connectivity index (χ3n) is 4.15. The Bertz CT molecular complexity index is 1120. The van der Waals surface area contributed by atoms with Crippen molar-refractivity contribution in [2.45, 2.75) is 12.5 Å². The van der Waals surface area contributed by atoms with Gasteiger partial charge in [-0.1, -0.05) is 18.2 Å². The van der Waals surface area contributed by atoms with Crippen LogP contribution < -0.4 is 10.3 Å². The third kappa shape index (κ3) is 4.60. The van der Waals surface area contributed by atoms with Gasteiger partial charge in [0.2, 0.25) is 5.88 Å². The summed E-state index contributed by atoms with van der Waals surface area (Å²) < 4.78 is 6.84. The van der Waals surface area contributed by atoms with E-state index >= 15 is 0 Å². The number of aromatic hydroxyl groups is 1. The summed E-state index contributed by atoms with van der Waals surface area (Å²) in [6.07, 6.45) is -2.20. The molecule has 0 spiro atoms. The zero-order valence-electron chi connectivity index (χ0n) is 15.1. The molecule has 150 valence electrons. The number of ether oxygens (including phenoxy) is 1. The van der Waals surface area contributed by atoms with Gasteiger partial charge in [0, 0.05) is 6.42 Å². The highest BCUT2D eigenvalue weighted by Gasteiger charge is 2.21. The number of nitrogens with zero attached hydrogens (tertiary/aromatic N) is 1. The van der Waals surface area contributed by atoms with Crippen LogP contribution in [0.1, 0.15) is 5.56 Å². The number of aromatic nitrogens is 2. The quantitative estimate of drug-likeness (QED) is 0.435. The van der Waals surface area contributed by atoms with Crippen molar-refractivity contribution in [2.24, 2.45) is 0 Å². The van der Waals surface area contributed by atoms with Gasteiger partial charge in [-0.2, -0.15) is 0 Å². The topological polar surface area (TPSA) is 125 Å². The zero-order valence-corrected chi connectivity index (χ0v) is 15.9. The van der Waals surface area contributed by atoms with Crippen LogP contribution in [0.5, 0.6) is 17.4 Å². The fraction of sp³-hybridized carbons (Fsp3) is 0.150. The first-order chi connectivity index (χ1) is 13.9. The normalized spacial score (nSPS) is 11.8. The molecule has 0 aliphatic rings. The van der Waals surface area contributed by atoms with Crippen LogP contribution in [0, 0.1) is 4.77 Å². The highest BCUT2D eigenvalue weighted by atomic mass is 32.1. The Hall–Kier alpha value is -3.27. The van der Waals surface area contributed by atoms with Crippen molar-refractivity contribution in [3.63, 3.8) is 0 Å². The molecule has 29 heavy (non-hydrogen) atoms. The molecule has 3 rings (SSSR count). The number of aliphatic hydroxyl groups excluding tert-OH is 2. The van der Waals surface area contributed by atoms with Crippen LogP contribution in [0.25, 0.3) is 5.69 Å². The Kier molecular flexibility index (Phi) is 6.23. The highest BCUT2D eigenvalue weighted by molar-refractivity contribution is 7.71. The van der Waals surface area contributed by atoms with Crippen molar-refractivity contribution >= 4 is 18.0 Å². The fourth-order valence-electron chi connectivity index (χ4n) is 2.64. The van der Waals surface area contributed by atoms with Crippen molar-refractivity contribution in [1.29, 1.82) is 0 Å². The molecule has 4 N–H and O–H groups in total. The van der Waals surface area contributed by atoms with Crippen LogP contribution in [0.15, 0.2) is 59.4 Å². The fourth-order valence-corrected chi connectivity index (χ4v) is 2.93. The first kappa shape index (κ1) is 20.5. The minimum Gasteiger partial charge on any atom is -0.494 e. The molecule has 1 aromatic heterocycles. The van der Waals surface area contributed by atoms with Gasteiger partial charge in [-0.05, 0) is 48.6 Å². The van der Waals surface area contributed by atoms with E-state index in [0.717, 1.165) is 0 Å². The summed E-state index contributed by atoms with van der Waals surface area (Å²) in [6.45, 7) is -0.778. The van der Waals surface area contributed by atoms with Crippen LogP contribution in [0.4, 0.5) is 0 Å². The molecule has 0 aliphatic heterocycles. The van der Waals surface area contributed by atoms with E-state index in [1.807, 2.05) is 30.3 Å². The number of ketones is 1. The molecule has 0 fully saturated rings. The average molecular weight is 414 g/mol. The molecule has 1 atom stereocenters. The summed E-state index contributed by atoms with van der Waals surface area (Å²) in [5, 5.41) is 28.9. The number of nitrogens with one attached hydrogen (secondary N) is 1. The number of benzene rings is 2. The number of carbonyl (C=O) groups is 1. The summed E-state index contributed by atoms with van der Waals surface area (Å²) in [5.41, 5.74) is -0.576. The van der Waals surface area contributed by atoms with Crippen LogP contribution in [0.2, 0.25) is 0 Å². The minimum atomic E-state index is -1.64. The van der Waals surface area contributed by atoms with Gasteiger partial charge in [0.25, 0.3) is 5.56 Å². The van der Waals surface area contributed by atoms with E-state index in [1.165, 1.54) is 4.57 Å². The maximum Gasteiger partial charge on any atom is 0.259 e. The molecule has 0 radical (unpaired) electrons. The molecule has 0 bridgehead atoms. The summed E-state index contributed by atoms with van der Waals surface area (Å²) in [5.74, 6) is -0.110. The molecular weight excluding hydrogens is 396 g/mol. The monoisotopic (exact) mass is 414 g/mol. The highest BCUT2D eigenvalue weighted by Crippen LogP contribution is 2.25. The molecule has 9 heteroatoms. The summed E-state index contributed by atoms with van der Waals surface area (Å²) >= 11 is 5.14. The largest absolute Gasteiger partial charge is 0.494 e. The lowest BCUT2D eigenvalue weighted by molar-refractivity contribution is -0.128. The molecule has 0 saturated carbocycles. The van der Waals surface area contributed by atoms with Gasteiger partial charge in [0.05, 0.1) is 17.9 Å². The van der Waals surface area contributed by atoms with Crippen LogP contribution in [-0.2, 0) is 11.2 Å². The number of hydrogen-bond acceptors (Lipinski definition) is 7. The standard InChI is InChI=1S/C20H18N2O6S/c23-11-17(25)16(24)10-15-18(26)21-20(29)22(19(15)27)12-6-8-14(9-7-12)28-13-4-2-1-3-5-13/h1-9,17,23,25,27H,10-11H2,(H,21,26,29)/t17-/m1/s1. The van der Waals surface area contributed by atoms with Crippen LogP contribution in [-0.4, -0.2) is 43.4 Å². The molecule has 3 aromatic rings. The number of H-pyrrole nitrogens is 1. The Morgan fingerprint density at radius 3 is 2.34 bits per heavy atom. The predicted molar refractivity (Wildman–Crippen MR) is 107 cm³/mol. The predicted octanol–water partition coefficient (Wildman–Crippen LogP) is 1.86. The molecule has 8 nitrogen and oxygen atoms in total. The Morgan fingerprint density at radius 1 is 1.10 bits per heavy atom. The van der Waals surface area contributed by atoms with Crippen LogP contribution >= 0.6 is 12.2 Å². The second kappa shape index (κ2) is 8.82. The summed E-state index contributed by atoms with van der Waals surface area (Å²) in [6, 6.07) is 15.8. The van der Waals surface area contributed by atoms with E-state index in [1.54, 1.807) is 24.3 Å². The van der Waals surface area contributed by atoms with Crippen molar-refractivity contribution < 1.29 is 24.9 Å². The second-order valence-electron chi connectivity index (χ2n) is 6.15. The Labute approximate surface area is 170 Å². The lowest BCUT2D eigenvalue weighted by Crippen LogP contribution is -2.29. The average Bonchev–Trinajstić information content (AvgIpc) is 2.72. The van der Waals surface area contributed by atoms with E-state index in [9.17, 15) is 19.8 Å². The van der Waals surface area contributed by atoms with E-state index < -0.39 is 36.4 Å². The van der Waals surface area contributed by atoms with Gasteiger partial charge in [-0.3, -0.25) is 19.1 Å². The number of carbonyl (C=O) groups excluding carboxylic acids is 1. The van der Waals surface area contributed by atoms with Crippen molar-refractivity contribution in [3.05, 3.63) is 75.3 Å². The summed E-state index contributed by atoms with van der Waals surface area (Å²) in [4.78, 5) is 26.4. The first-order valence-electron chi connectivity index (χ1n) is 8.63. The SMILES string of the molecule is O=C(Cc1c(O)n(-c2ccc(Oc3ccccc3)cc2)c(=S)[nH]c1=O)[C@H](O)CO. The number of rotatable bonds is 7. The lowest BCUT2D eigenvalue weighted by Gasteiger charge is -2.14. The van der Waals surface area contributed by atoms with Gasteiger partial charge in [0.1, 0.15) is 17.6 Å². The Morgan fingerprint density at radius 2 is 1.72 bits per heavy atom. The third-order valence-corrected chi connectivity index (χ3v) is 4.43. The maximum atomic E-state index is 12.1. The molecule has 0 aliphatic carbocycles. The maximum absolute atomic E-state index is 12.1. The molecule has 0 unspecified atom stereocenters. The number of para-hydroxylation sites is 1. The van der Waals surface area contributed by atoms with Gasteiger partial charge >= 0.3 is 0 Å². The smallest absolute Gasteiger partial charge is 0.259 e. The first-order valence-corrected chi connectivity index (χ1v) is 9.03. The molecule has 2 aromatic carbocycles. The second-order valence-corrected chi connectivity index (χ2v) is 6.53. The van der Waals surface area contributed by atoms with Gasteiger partial charge in [-0.15, -0.1) is 0 Å². The molecule has 0 saturated heterocycles. The minimum absolute atomic E-state index is 0.0665. The van der Waals surface area contributed by atoms with E-state index in [4.69, 9.17) is 22.1 Å². The van der Waals surface area contributed by atoms with E-state index in [2.05, 4.69) is 4.98 Å². The van der Waals surface area contributed by atoms with Gasteiger partial charge in [-0.25, -0.2) is 0 Å². The summed E-state index contributed by atoms with van der Waals surface area (Å²) in [7, 11) is 0. The number of aliphatic hydroxyl groups is 2. The van der Waals surface area contributed by atoms with E-state index in [0.29, 0.717) is 17.2 Å².